The standard InChI is InChI=1S/C74H141NO5/c1-3-5-7-9-11-13-15-17-39-43-46-50-54-58-62-66-72(77)71(70-76)75-73(78)67-63-59-55-51-47-44-40-37-35-33-31-29-27-25-23-21-19-18-20-22-24-26-28-30-32-34-36-38-41-45-49-53-57-61-65-69-80-74(79)68-64-60-56-52-48-42-16-14-12-10-8-6-4-2/h20,22,26,28,62,66,71-72,76-77H,3-19,21,23-25,27,29-61,63-65,67-70H2,1-2H3,(H,75,78)/b22-20-,28-26-,66-62+. The Morgan fingerprint density at radius 3 is 0.950 bits per heavy atom. The summed E-state index contributed by atoms with van der Waals surface area (Å²) in [5.41, 5.74) is 0. The summed E-state index contributed by atoms with van der Waals surface area (Å²) in [4.78, 5) is 24.5. The first-order valence-corrected chi connectivity index (χ1v) is 36.3. The minimum Gasteiger partial charge on any atom is -0.466 e. The number of hydrogen-bond acceptors (Lipinski definition) is 5. The van der Waals surface area contributed by atoms with Crippen LogP contribution in [0.15, 0.2) is 36.5 Å². The third kappa shape index (κ3) is 65.2. The Morgan fingerprint density at radius 1 is 0.350 bits per heavy atom. The van der Waals surface area contributed by atoms with Gasteiger partial charge in [0.05, 0.1) is 25.4 Å². The number of carbonyl (C=O) groups is 2. The van der Waals surface area contributed by atoms with Crippen molar-refractivity contribution in [2.75, 3.05) is 13.2 Å². The van der Waals surface area contributed by atoms with E-state index in [0.717, 1.165) is 44.9 Å². The molecule has 6 nitrogen and oxygen atoms in total. The van der Waals surface area contributed by atoms with Crippen LogP contribution in [0.2, 0.25) is 0 Å². The number of unbranched alkanes of at least 4 members (excludes halogenated alkanes) is 53. The van der Waals surface area contributed by atoms with Gasteiger partial charge in [0.15, 0.2) is 0 Å². The van der Waals surface area contributed by atoms with E-state index in [2.05, 4.69) is 43.5 Å². The van der Waals surface area contributed by atoms with Crippen LogP contribution in [0.3, 0.4) is 0 Å². The molecule has 0 radical (unpaired) electrons. The molecule has 0 spiro atoms. The number of carbonyl (C=O) groups excluding carboxylic acids is 2. The fourth-order valence-corrected chi connectivity index (χ4v) is 11.4. The maximum absolute atomic E-state index is 12.5. The molecule has 0 saturated heterocycles. The summed E-state index contributed by atoms with van der Waals surface area (Å²) in [6, 6.07) is -0.626. The molecule has 0 aromatic heterocycles. The second-order valence-electron chi connectivity index (χ2n) is 24.9. The zero-order chi connectivity index (χ0) is 57.8. The van der Waals surface area contributed by atoms with Crippen LogP contribution in [0.25, 0.3) is 0 Å². The number of ether oxygens (including phenoxy) is 1. The van der Waals surface area contributed by atoms with Crippen molar-refractivity contribution in [2.24, 2.45) is 0 Å². The molecule has 0 aromatic rings. The van der Waals surface area contributed by atoms with Crippen molar-refractivity contribution in [3.8, 4) is 0 Å². The van der Waals surface area contributed by atoms with Crippen molar-refractivity contribution in [3.05, 3.63) is 36.5 Å². The molecule has 0 bridgehead atoms. The summed E-state index contributed by atoms with van der Waals surface area (Å²) in [6.45, 7) is 4.93. The van der Waals surface area contributed by atoms with E-state index in [1.165, 1.54) is 327 Å². The number of esters is 1. The van der Waals surface area contributed by atoms with Crippen molar-refractivity contribution in [1.82, 2.24) is 5.32 Å². The maximum Gasteiger partial charge on any atom is 0.305 e. The largest absolute Gasteiger partial charge is 0.466 e. The van der Waals surface area contributed by atoms with Crippen LogP contribution in [0.4, 0.5) is 0 Å². The molecule has 6 heteroatoms. The van der Waals surface area contributed by atoms with Gasteiger partial charge in [-0.25, -0.2) is 0 Å². The highest BCUT2D eigenvalue weighted by Crippen LogP contribution is 2.19. The topological polar surface area (TPSA) is 95.9 Å². The lowest BCUT2D eigenvalue weighted by atomic mass is 10.0. The van der Waals surface area contributed by atoms with Crippen molar-refractivity contribution in [2.45, 2.75) is 411 Å². The lowest BCUT2D eigenvalue weighted by Gasteiger charge is -2.20. The Hall–Kier alpha value is -1.92. The molecule has 0 aromatic carbocycles. The normalized spacial score (nSPS) is 12.7. The van der Waals surface area contributed by atoms with E-state index in [1.54, 1.807) is 6.08 Å². The first kappa shape index (κ1) is 78.1. The summed E-state index contributed by atoms with van der Waals surface area (Å²) in [7, 11) is 0. The van der Waals surface area contributed by atoms with Crippen molar-refractivity contribution in [1.29, 1.82) is 0 Å². The molecule has 472 valence electrons. The van der Waals surface area contributed by atoms with E-state index < -0.39 is 12.1 Å². The molecule has 0 heterocycles. The van der Waals surface area contributed by atoms with Crippen LogP contribution < -0.4 is 5.32 Å². The first-order valence-electron chi connectivity index (χ1n) is 36.3. The van der Waals surface area contributed by atoms with Gasteiger partial charge < -0.3 is 20.3 Å². The third-order valence-corrected chi connectivity index (χ3v) is 16.9. The molecular formula is C74H141NO5. The summed E-state index contributed by atoms with van der Waals surface area (Å²) in [6.07, 6.45) is 89.5. The summed E-state index contributed by atoms with van der Waals surface area (Å²) in [5, 5.41) is 23.2. The molecule has 0 aliphatic heterocycles. The predicted octanol–water partition coefficient (Wildman–Crippen LogP) is 23.5. The van der Waals surface area contributed by atoms with Crippen LogP contribution in [-0.4, -0.2) is 47.4 Å². The number of aliphatic hydroxyl groups is 2. The monoisotopic (exact) mass is 1120 g/mol. The molecule has 1 amide bonds. The number of rotatable bonds is 68. The Balaban J connectivity index is 3.38. The molecule has 0 aliphatic carbocycles. The number of nitrogens with one attached hydrogen (secondary N) is 1. The van der Waals surface area contributed by atoms with Gasteiger partial charge in [-0.3, -0.25) is 9.59 Å². The quantitative estimate of drug-likeness (QED) is 0.0320. The second kappa shape index (κ2) is 69.6. The summed E-state index contributed by atoms with van der Waals surface area (Å²) in [5.74, 6) is -0.0449. The predicted molar refractivity (Wildman–Crippen MR) is 352 cm³/mol. The lowest BCUT2D eigenvalue weighted by Crippen LogP contribution is -2.45. The fraction of sp³-hybridized carbons (Fsp3) is 0.892. The van der Waals surface area contributed by atoms with E-state index in [-0.39, 0.29) is 18.5 Å². The number of allylic oxidation sites excluding steroid dienone is 5. The van der Waals surface area contributed by atoms with E-state index in [1.807, 2.05) is 6.08 Å². The van der Waals surface area contributed by atoms with Gasteiger partial charge >= 0.3 is 5.97 Å². The summed E-state index contributed by atoms with van der Waals surface area (Å²) >= 11 is 0. The van der Waals surface area contributed by atoms with Crippen LogP contribution in [0.1, 0.15) is 399 Å². The van der Waals surface area contributed by atoms with Crippen LogP contribution in [0.5, 0.6) is 0 Å². The van der Waals surface area contributed by atoms with Gasteiger partial charge in [-0.05, 0) is 64.2 Å². The van der Waals surface area contributed by atoms with Gasteiger partial charge in [-0.15, -0.1) is 0 Å². The van der Waals surface area contributed by atoms with Gasteiger partial charge in [0.25, 0.3) is 0 Å². The van der Waals surface area contributed by atoms with Gasteiger partial charge in [0.2, 0.25) is 5.91 Å². The Morgan fingerprint density at radius 2 is 0.625 bits per heavy atom. The fourth-order valence-electron chi connectivity index (χ4n) is 11.4. The van der Waals surface area contributed by atoms with Crippen LogP contribution in [0, 0.1) is 0 Å². The third-order valence-electron chi connectivity index (χ3n) is 16.9. The Kier molecular flexibility index (Phi) is 67.9. The molecule has 2 atom stereocenters. The van der Waals surface area contributed by atoms with Gasteiger partial charge in [0.1, 0.15) is 0 Å². The number of amides is 1. The first-order chi connectivity index (χ1) is 39.5. The van der Waals surface area contributed by atoms with Gasteiger partial charge in [-0.1, -0.05) is 359 Å². The molecule has 0 rings (SSSR count). The average Bonchev–Trinajstić information content (AvgIpc) is 3.46. The van der Waals surface area contributed by atoms with Crippen LogP contribution >= 0.6 is 0 Å². The molecule has 0 saturated carbocycles. The van der Waals surface area contributed by atoms with Crippen molar-refractivity contribution < 1.29 is 24.5 Å². The molecule has 0 fully saturated rings. The lowest BCUT2D eigenvalue weighted by molar-refractivity contribution is -0.143. The highest BCUT2D eigenvalue weighted by molar-refractivity contribution is 5.76. The highest BCUT2D eigenvalue weighted by atomic mass is 16.5. The van der Waals surface area contributed by atoms with E-state index in [9.17, 15) is 19.8 Å². The SMILES string of the molecule is CCCCCCCCCCCCCCC/C=C/C(O)C(CO)NC(=O)CCCCCCCCCCCCCCCCCCC/C=C\C/C=C\CCCCCCCCCCCCCOC(=O)CCCCCCCCCCCCCCC. The molecule has 2 unspecified atom stereocenters. The van der Waals surface area contributed by atoms with E-state index >= 15 is 0 Å². The zero-order valence-corrected chi connectivity index (χ0v) is 54.1. The molecule has 3 N–H and O–H groups in total. The smallest absolute Gasteiger partial charge is 0.305 e. The zero-order valence-electron chi connectivity index (χ0n) is 54.1. The number of hydrogen-bond donors (Lipinski definition) is 3. The van der Waals surface area contributed by atoms with Gasteiger partial charge in [0, 0.05) is 12.8 Å². The van der Waals surface area contributed by atoms with Gasteiger partial charge in [-0.2, -0.15) is 0 Å². The Labute approximate surface area is 500 Å². The summed E-state index contributed by atoms with van der Waals surface area (Å²) < 4.78 is 5.49. The average molecular weight is 1120 g/mol. The van der Waals surface area contributed by atoms with E-state index in [4.69, 9.17) is 4.74 Å². The minimum absolute atomic E-state index is 0.0185. The maximum atomic E-state index is 12.5. The van der Waals surface area contributed by atoms with Crippen molar-refractivity contribution >= 4 is 11.9 Å². The minimum atomic E-state index is -0.843. The van der Waals surface area contributed by atoms with Crippen LogP contribution in [-0.2, 0) is 14.3 Å². The highest BCUT2D eigenvalue weighted by Gasteiger charge is 2.18. The second-order valence-corrected chi connectivity index (χ2v) is 24.9. The Bertz CT molecular complexity index is 1300. The van der Waals surface area contributed by atoms with Crippen molar-refractivity contribution in [3.63, 3.8) is 0 Å². The number of aliphatic hydroxyl groups excluding tert-OH is 2. The molecular weight excluding hydrogens is 983 g/mol. The molecule has 80 heavy (non-hydrogen) atoms. The molecule has 0 aliphatic rings. The van der Waals surface area contributed by atoms with E-state index in [0.29, 0.717) is 19.4 Å².